The number of nitrogens with zero attached hydrogens (tertiary/aromatic N) is 2. The molecule has 1 aliphatic carbocycles. The summed E-state index contributed by atoms with van der Waals surface area (Å²) in [7, 11) is 0. The van der Waals surface area contributed by atoms with Crippen LogP contribution in [-0.2, 0) is 4.74 Å². The van der Waals surface area contributed by atoms with Crippen molar-refractivity contribution in [1.82, 2.24) is 9.97 Å². The van der Waals surface area contributed by atoms with Gasteiger partial charge in [-0.15, -0.1) is 0 Å². The second-order valence-electron chi connectivity index (χ2n) is 3.84. The quantitative estimate of drug-likeness (QED) is 0.602. The number of ether oxygens (including phenoxy) is 1. The molecule has 0 N–H and O–H groups in total. The Labute approximate surface area is 99.0 Å². The first-order valence-corrected chi connectivity index (χ1v) is 5.72. The molecule has 0 aliphatic heterocycles. The van der Waals surface area contributed by atoms with E-state index in [0.29, 0.717) is 34.8 Å². The maximum absolute atomic E-state index is 11.6. The van der Waals surface area contributed by atoms with Crippen LogP contribution in [0.15, 0.2) is 0 Å². The van der Waals surface area contributed by atoms with Gasteiger partial charge in [0.25, 0.3) is 0 Å². The molecule has 1 aliphatic rings. The second kappa shape index (κ2) is 4.37. The highest BCUT2D eigenvalue weighted by atomic mass is 35.5. The number of halogens is 1. The standard InChI is InChI=1S/C11H13ClN2O2/c1-3-16-11(15)8-6(2)9(12)14-10(13-8)7-4-5-7/h7H,3-5H2,1-2H3. The molecule has 0 spiro atoms. The smallest absolute Gasteiger partial charge is 0.357 e. The summed E-state index contributed by atoms with van der Waals surface area (Å²) in [6.45, 7) is 3.82. The Bertz CT molecular complexity index is 430. The van der Waals surface area contributed by atoms with Crippen LogP contribution in [0, 0.1) is 6.92 Å². The Morgan fingerprint density at radius 1 is 1.50 bits per heavy atom. The van der Waals surface area contributed by atoms with Gasteiger partial charge in [-0.25, -0.2) is 14.8 Å². The zero-order valence-corrected chi connectivity index (χ0v) is 10.0. The summed E-state index contributed by atoms with van der Waals surface area (Å²) in [5.74, 6) is 0.608. The predicted molar refractivity (Wildman–Crippen MR) is 59.7 cm³/mol. The van der Waals surface area contributed by atoms with Crippen LogP contribution in [0.3, 0.4) is 0 Å². The number of esters is 1. The third-order valence-electron chi connectivity index (χ3n) is 2.51. The van der Waals surface area contributed by atoms with Crippen molar-refractivity contribution < 1.29 is 9.53 Å². The molecule has 16 heavy (non-hydrogen) atoms. The van der Waals surface area contributed by atoms with Crippen molar-refractivity contribution in [3.8, 4) is 0 Å². The van der Waals surface area contributed by atoms with Crippen molar-refractivity contribution in [3.05, 3.63) is 22.2 Å². The molecule has 1 aromatic rings. The van der Waals surface area contributed by atoms with Crippen molar-refractivity contribution in [2.75, 3.05) is 6.61 Å². The van der Waals surface area contributed by atoms with Crippen molar-refractivity contribution >= 4 is 17.6 Å². The zero-order chi connectivity index (χ0) is 11.7. The van der Waals surface area contributed by atoms with Gasteiger partial charge in [0.2, 0.25) is 0 Å². The third kappa shape index (κ3) is 2.16. The van der Waals surface area contributed by atoms with Gasteiger partial charge in [0.05, 0.1) is 6.61 Å². The van der Waals surface area contributed by atoms with E-state index in [1.807, 2.05) is 0 Å². The molecule has 5 heteroatoms. The van der Waals surface area contributed by atoms with Gasteiger partial charge in [0.1, 0.15) is 11.0 Å². The largest absolute Gasteiger partial charge is 0.461 e. The summed E-state index contributed by atoms with van der Waals surface area (Å²) in [5, 5.41) is 0.347. The maximum Gasteiger partial charge on any atom is 0.357 e. The van der Waals surface area contributed by atoms with Crippen molar-refractivity contribution in [3.63, 3.8) is 0 Å². The van der Waals surface area contributed by atoms with Crippen LogP contribution < -0.4 is 0 Å². The van der Waals surface area contributed by atoms with Gasteiger partial charge >= 0.3 is 5.97 Å². The lowest BCUT2D eigenvalue weighted by atomic mass is 10.2. The summed E-state index contributed by atoms with van der Waals surface area (Å²) in [5.41, 5.74) is 0.883. The molecule has 0 radical (unpaired) electrons. The summed E-state index contributed by atoms with van der Waals surface area (Å²) < 4.78 is 4.93. The van der Waals surface area contributed by atoms with E-state index >= 15 is 0 Å². The molecule has 0 saturated heterocycles. The van der Waals surface area contributed by atoms with Crippen molar-refractivity contribution in [2.45, 2.75) is 32.6 Å². The molecule has 0 atom stereocenters. The maximum atomic E-state index is 11.6. The molecular weight excluding hydrogens is 228 g/mol. The molecule has 0 aromatic carbocycles. The Morgan fingerprint density at radius 2 is 2.19 bits per heavy atom. The van der Waals surface area contributed by atoms with E-state index in [9.17, 15) is 4.79 Å². The topological polar surface area (TPSA) is 52.1 Å². The van der Waals surface area contributed by atoms with Crippen LogP contribution >= 0.6 is 11.6 Å². The van der Waals surface area contributed by atoms with Gasteiger partial charge in [0.15, 0.2) is 5.69 Å². The summed E-state index contributed by atoms with van der Waals surface area (Å²) >= 11 is 5.98. The number of carbonyl (C=O) groups is 1. The molecule has 2 rings (SSSR count). The fraction of sp³-hybridized carbons (Fsp3) is 0.545. The minimum Gasteiger partial charge on any atom is -0.461 e. The number of aromatic nitrogens is 2. The number of carbonyl (C=O) groups excluding carboxylic acids is 1. The van der Waals surface area contributed by atoms with E-state index in [-0.39, 0.29) is 0 Å². The summed E-state index contributed by atoms with van der Waals surface area (Å²) in [6.07, 6.45) is 2.14. The fourth-order valence-electron chi connectivity index (χ4n) is 1.43. The average Bonchev–Trinajstić information content (AvgIpc) is 3.05. The van der Waals surface area contributed by atoms with E-state index in [2.05, 4.69) is 9.97 Å². The van der Waals surface area contributed by atoms with Gasteiger partial charge in [-0.1, -0.05) is 11.6 Å². The van der Waals surface area contributed by atoms with E-state index in [1.54, 1.807) is 13.8 Å². The van der Waals surface area contributed by atoms with Crippen LogP contribution in [0.4, 0.5) is 0 Å². The lowest BCUT2D eigenvalue weighted by Crippen LogP contribution is -2.12. The minimum absolute atomic E-state index is 0.295. The molecule has 0 bridgehead atoms. The zero-order valence-electron chi connectivity index (χ0n) is 9.29. The van der Waals surface area contributed by atoms with Crippen LogP contribution in [0.2, 0.25) is 5.15 Å². The lowest BCUT2D eigenvalue weighted by molar-refractivity contribution is 0.0518. The van der Waals surface area contributed by atoms with Gasteiger partial charge in [0, 0.05) is 11.5 Å². The van der Waals surface area contributed by atoms with E-state index in [4.69, 9.17) is 16.3 Å². The van der Waals surface area contributed by atoms with E-state index in [1.165, 1.54) is 0 Å². The molecule has 1 saturated carbocycles. The third-order valence-corrected chi connectivity index (χ3v) is 2.88. The first-order chi connectivity index (χ1) is 7.63. The average molecular weight is 241 g/mol. The Hall–Kier alpha value is -1.16. The van der Waals surface area contributed by atoms with Crippen molar-refractivity contribution in [1.29, 1.82) is 0 Å². The number of rotatable bonds is 3. The summed E-state index contributed by atoms with van der Waals surface area (Å²) in [6, 6.07) is 0. The normalized spacial score (nSPS) is 14.9. The molecule has 1 aromatic heterocycles. The predicted octanol–water partition coefficient (Wildman–Crippen LogP) is 2.49. The number of hydrogen-bond acceptors (Lipinski definition) is 4. The first kappa shape index (κ1) is 11.3. The lowest BCUT2D eigenvalue weighted by Gasteiger charge is -2.07. The van der Waals surface area contributed by atoms with Gasteiger partial charge in [-0.05, 0) is 26.7 Å². The highest BCUT2D eigenvalue weighted by Gasteiger charge is 2.29. The molecule has 0 amide bonds. The molecule has 1 fully saturated rings. The first-order valence-electron chi connectivity index (χ1n) is 5.34. The summed E-state index contributed by atoms with van der Waals surface area (Å²) in [4.78, 5) is 20.1. The number of hydrogen-bond donors (Lipinski definition) is 0. The molecule has 0 unspecified atom stereocenters. The van der Waals surface area contributed by atoms with Crippen LogP contribution in [0.25, 0.3) is 0 Å². The molecule has 86 valence electrons. The van der Waals surface area contributed by atoms with Crippen LogP contribution in [0.1, 0.15) is 47.6 Å². The molecule has 4 nitrogen and oxygen atoms in total. The van der Waals surface area contributed by atoms with E-state index in [0.717, 1.165) is 12.8 Å². The van der Waals surface area contributed by atoms with E-state index < -0.39 is 5.97 Å². The van der Waals surface area contributed by atoms with Gasteiger partial charge in [-0.2, -0.15) is 0 Å². The SMILES string of the molecule is CCOC(=O)c1nc(C2CC2)nc(Cl)c1C. The molecular formula is C11H13ClN2O2. The highest BCUT2D eigenvalue weighted by Crippen LogP contribution is 2.38. The second-order valence-corrected chi connectivity index (χ2v) is 4.20. The molecule has 1 heterocycles. The van der Waals surface area contributed by atoms with Crippen LogP contribution in [0.5, 0.6) is 0 Å². The van der Waals surface area contributed by atoms with Crippen LogP contribution in [-0.4, -0.2) is 22.5 Å². The Balaban J connectivity index is 2.37. The monoisotopic (exact) mass is 240 g/mol. The highest BCUT2D eigenvalue weighted by molar-refractivity contribution is 6.30. The Kier molecular flexibility index (Phi) is 3.10. The van der Waals surface area contributed by atoms with Gasteiger partial charge < -0.3 is 4.74 Å². The Morgan fingerprint density at radius 3 is 2.75 bits per heavy atom. The minimum atomic E-state index is -0.425. The van der Waals surface area contributed by atoms with Crippen molar-refractivity contribution in [2.24, 2.45) is 0 Å². The fourth-order valence-corrected chi connectivity index (χ4v) is 1.60. The van der Waals surface area contributed by atoms with Gasteiger partial charge in [-0.3, -0.25) is 0 Å².